The Kier molecular flexibility index (Phi) is 3.90. The normalized spacial score (nSPS) is 18.4. The van der Waals surface area contributed by atoms with Gasteiger partial charge in [0.25, 0.3) is 5.56 Å². The molecule has 4 rings (SSSR count). The smallest absolute Gasteiger partial charge is 0.328 e. The minimum Gasteiger partial charge on any atom is -0.470 e. The summed E-state index contributed by atoms with van der Waals surface area (Å²) in [6.07, 6.45) is 0.264. The van der Waals surface area contributed by atoms with Crippen LogP contribution >= 0.6 is 0 Å². The van der Waals surface area contributed by atoms with Gasteiger partial charge in [-0.05, 0) is 29.7 Å². The van der Waals surface area contributed by atoms with Gasteiger partial charge in [-0.3, -0.25) is 14.8 Å². The fourth-order valence-electron chi connectivity index (χ4n) is 3.37. The SMILES string of the molecule is N#Cc1ccc([C@@H]2C[C@@H](c3ccccc3)Oc3[nH]c(=O)[nH]c(=O)c32)cc1. The average molecular weight is 345 g/mol. The van der Waals surface area contributed by atoms with Crippen LogP contribution in [0.2, 0.25) is 0 Å². The monoisotopic (exact) mass is 345 g/mol. The summed E-state index contributed by atoms with van der Waals surface area (Å²) in [5.74, 6) is -0.0505. The van der Waals surface area contributed by atoms with Crippen molar-refractivity contribution in [3.8, 4) is 11.9 Å². The van der Waals surface area contributed by atoms with Gasteiger partial charge in [0.15, 0.2) is 0 Å². The van der Waals surface area contributed by atoms with Crippen molar-refractivity contribution in [2.75, 3.05) is 0 Å². The second-order valence-electron chi connectivity index (χ2n) is 6.19. The Morgan fingerprint density at radius 3 is 2.38 bits per heavy atom. The number of benzene rings is 2. The van der Waals surface area contributed by atoms with Gasteiger partial charge in [-0.1, -0.05) is 42.5 Å². The number of nitriles is 1. The third kappa shape index (κ3) is 2.80. The molecule has 0 aliphatic carbocycles. The van der Waals surface area contributed by atoms with Crippen LogP contribution in [0.5, 0.6) is 5.88 Å². The molecular formula is C20H15N3O3. The van der Waals surface area contributed by atoms with Gasteiger partial charge in [-0.15, -0.1) is 0 Å². The summed E-state index contributed by atoms with van der Waals surface area (Å²) in [6, 6.07) is 18.9. The van der Waals surface area contributed by atoms with E-state index in [1.165, 1.54) is 0 Å². The molecule has 6 nitrogen and oxygen atoms in total. The molecule has 0 spiro atoms. The average Bonchev–Trinajstić information content (AvgIpc) is 2.67. The molecule has 0 bridgehead atoms. The fraction of sp³-hybridized carbons (Fsp3) is 0.150. The van der Waals surface area contributed by atoms with Crippen molar-refractivity contribution in [3.63, 3.8) is 0 Å². The van der Waals surface area contributed by atoms with Gasteiger partial charge in [-0.2, -0.15) is 5.26 Å². The first kappa shape index (κ1) is 15.9. The van der Waals surface area contributed by atoms with E-state index in [-0.39, 0.29) is 17.9 Å². The number of fused-ring (bicyclic) bond motifs is 1. The van der Waals surface area contributed by atoms with Gasteiger partial charge in [0.05, 0.1) is 17.2 Å². The summed E-state index contributed by atoms with van der Waals surface area (Å²) in [5.41, 5.74) is 1.77. The lowest BCUT2D eigenvalue weighted by Crippen LogP contribution is -2.33. The number of H-pyrrole nitrogens is 2. The Labute approximate surface area is 148 Å². The molecule has 0 fully saturated rings. The highest BCUT2D eigenvalue weighted by atomic mass is 16.5. The molecule has 0 saturated carbocycles. The second-order valence-corrected chi connectivity index (χ2v) is 6.19. The van der Waals surface area contributed by atoms with Crippen molar-refractivity contribution in [1.82, 2.24) is 9.97 Å². The fourth-order valence-corrected chi connectivity index (χ4v) is 3.37. The van der Waals surface area contributed by atoms with Gasteiger partial charge < -0.3 is 4.74 Å². The maximum Gasteiger partial charge on any atom is 0.328 e. The first-order valence-corrected chi connectivity index (χ1v) is 8.24. The highest BCUT2D eigenvalue weighted by molar-refractivity contribution is 5.42. The van der Waals surface area contributed by atoms with Crippen LogP contribution in [0.3, 0.4) is 0 Å². The molecular weight excluding hydrogens is 330 g/mol. The first-order chi connectivity index (χ1) is 12.7. The highest BCUT2D eigenvalue weighted by Crippen LogP contribution is 2.42. The zero-order chi connectivity index (χ0) is 18.1. The van der Waals surface area contributed by atoms with Gasteiger partial charge in [-0.25, -0.2) is 4.79 Å². The molecule has 0 radical (unpaired) electrons. The molecule has 3 aromatic rings. The van der Waals surface area contributed by atoms with Crippen molar-refractivity contribution in [2.45, 2.75) is 18.4 Å². The predicted octanol–water partition coefficient (Wildman–Crippen LogP) is 2.59. The third-order valence-electron chi connectivity index (χ3n) is 4.62. The molecule has 2 heterocycles. The Balaban J connectivity index is 1.85. The predicted molar refractivity (Wildman–Crippen MR) is 95.1 cm³/mol. The quantitative estimate of drug-likeness (QED) is 0.746. The maximum absolute atomic E-state index is 12.4. The molecule has 128 valence electrons. The number of aromatic nitrogens is 2. The topological polar surface area (TPSA) is 98.7 Å². The van der Waals surface area contributed by atoms with Gasteiger partial charge >= 0.3 is 5.69 Å². The van der Waals surface area contributed by atoms with Crippen molar-refractivity contribution < 1.29 is 4.74 Å². The summed E-state index contributed by atoms with van der Waals surface area (Å²) in [5, 5.41) is 9.00. The lowest BCUT2D eigenvalue weighted by atomic mass is 9.84. The first-order valence-electron chi connectivity index (χ1n) is 8.24. The Hall–Kier alpha value is -3.59. The van der Waals surface area contributed by atoms with Crippen molar-refractivity contribution in [2.24, 2.45) is 0 Å². The number of hydrogen-bond acceptors (Lipinski definition) is 4. The van der Waals surface area contributed by atoms with E-state index in [0.29, 0.717) is 17.5 Å². The van der Waals surface area contributed by atoms with E-state index in [1.807, 2.05) is 42.5 Å². The van der Waals surface area contributed by atoms with Crippen molar-refractivity contribution in [3.05, 3.63) is 97.7 Å². The molecule has 1 aromatic heterocycles. The van der Waals surface area contributed by atoms with Crippen LogP contribution in [0.25, 0.3) is 0 Å². The summed E-state index contributed by atoms with van der Waals surface area (Å²) in [4.78, 5) is 29.0. The van der Waals surface area contributed by atoms with Crippen LogP contribution in [-0.4, -0.2) is 9.97 Å². The van der Waals surface area contributed by atoms with E-state index in [4.69, 9.17) is 10.00 Å². The van der Waals surface area contributed by atoms with E-state index in [1.54, 1.807) is 12.1 Å². The van der Waals surface area contributed by atoms with Gasteiger partial charge in [0.1, 0.15) is 6.10 Å². The van der Waals surface area contributed by atoms with E-state index in [2.05, 4.69) is 16.0 Å². The number of nitrogens with one attached hydrogen (secondary N) is 2. The molecule has 1 aliphatic heterocycles. The standard InChI is InChI=1S/C20H15N3O3/c21-11-12-6-8-13(9-7-12)15-10-16(14-4-2-1-3-5-14)26-19-17(15)18(24)22-20(25)23-19/h1-9,15-16H,10H2,(H2,22,23,24,25)/t15-,16-/m0/s1. The van der Waals surface area contributed by atoms with Crippen LogP contribution < -0.4 is 16.0 Å². The van der Waals surface area contributed by atoms with E-state index >= 15 is 0 Å². The van der Waals surface area contributed by atoms with E-state index in [9.17, 15) is 9.59 Å². The Morgan fingerprint density at radius 2 is 1.69 bits per heavy atom. The molecule has 0 amide bonds. The van der Waals surface area contributed by atoms with Crippen LogP contribution in [0, 0.1) is 11.3 Å². The highest BCUT2D eigenvalue weighted by Gasteiger charge is 2.33. The zero-order valence-corrected chi connectivity index (χ0v) is 13.7. The van der Waals surface area contributed by atoms with Crippen LogP contribution in [0.1, 0.15) is 40.7 Å². The number of ether oxygens (including phenoxy) is 1. The van der Waals surface area contributed by atoms with Crippen molar-refractivity contribution >= 4 is 0 Å². The molecule has 2 atom stereocenters. The summed E-state index contributed by atoms with van der Waals surface area (Å²) in [6.45, 7) is 0. The second kappa shape index (κ2) is 6.37. The molecule has 0 unspecified atom stereocenters. The van der Waals surface area contributed by atoms with Gasteiger partial charge in [0, 0.05) is 5.92 Å². The van der Waals surface area contributed by atoms with E-state index < -0.39 is 11.2 Å². The lowest BCUT2D eigenvalue weighted by molar-refractivity contribution is 0.157. The number of hydrogen-bond donors (Lipinski definition) is 2. The van der Waals surface area contributed by atoms with Crippen LogP contribution in [-0.2, 0) is 0 Å². The molecule has 1 aliphatic rings. The minimum absolute atomic E-state index is 0.202. The molecule has 2 N–H and O–H groups in total. The maximum atomic E-state index is 12.4. The molecule has 6 heteroatoms. The number of rotatable bonds is 2. The summed E-state index contributed by atoms with van der Waals surface area (Å²) in [7, 11) is 0. The number of aromatic amines is 2. The Bertz CT molecular complexity index is 1090. The summed E-state index contributed by atoms with van der Waals surface area (Å²) < 4.78 is 5.95. The minimum atomic E-state index is -0.596. The Morgan fingerprint density at radius 1 is 0.962 bits per heavy atom. The third-order valence-corrected chi connectivity index (χ3v) is 4.62. The summed E-state index contributed by atoms with van der Waals surface area (Å²) >= 11 is 0. The van der Waals surface area contributed by atoms with Crippen molar-refractivity contribution in [1.29, 1.82) is 5.26 Å². The van der Waals surface area contributed by atoms with Crippen LogP contribution in [0.15, 0.2) is 64.2 Å². The van der Waals surface area contributed by atoms with E-state index in [0.717, 1.165) is 11.1 Å². The molecule has 2 aromatic carbocycles. The molecule has 0 saturated heterocycles. The largest absolute Gasteiger partial charge is 0.470 e. The molecule has 26 heavy (non-hydrogen) atoms. The number of nitrogens with zero attached hydrogens (tertiary/aromatic N) is 1. The van der Waals surface area contributed by atoms with Crippen LogP contribution in [0.4, 0.5) is 0 Å². The lowest BCUT2D eigenvalue weighted by Gasteiger charge is -2.31. The zero-order valence-electron chi connectivity index (χ0n) is 13.7. The van der Waals surface area contributed by atoms with Gasteiger partial charge in [0.2, 0.25) is 5.88 Å².